The lowest BCUT2D eigenvalue weighted by molar-refractivity contribution is 0.244. The molecule has 1 saturated carbocycles. The Morgan fingerprint density at radius 1 is 0.800 bits per heavy atom. The predicted molar refractivity (Wildman–Crippen MR) is 46.9 cm³/mol. The fourth-order valence-corrected chi connectivity index (χ4v) is 1.51. The van der Waals surface area contributed by atoms with Crippen LogP contribution in [-0.4, -0.2) is 0 Å². The van der Waals surface area contributed by atoms with E-state index in [1.54, 1.807) is 0 Å². The van der Waals surface area contributed by atoms with Gasteiger partial charge in [-0.3, -0.25) is 0 Å². The molecule has 2 nitrogen and oxygen atoms in total. The summed E-state index contributed by atoms with van der Waals surface area (Å²) in [6, 6.07) is 0. The van der Waals surface area contributed by atoms with Crippen molar-refractivity contribution in [3.63, 3.8) is 0 Å². The van der Waals surface area contributed by atoms with Crippen LogP contribution in [0.2, 0.25) is 0 Å². The Kier molecular flexibility index (Phi) is 5.90. The van der Waals surface area contributed by atoms with Crippen molar-refractivity contribution in [2.45, 2.75) is 46.0 Å². The molecule has 6 N–H and O–H groups in total. The molecule has 0 aromatic rings. The maximum absolute atomic E-state index is 2.38. The average Bonchev–Trinajstić information content (AvgIpc) is 1.65. The summed E-state index contributed by atoms with van der Waals surface area (Å²) in [5, 5.41) is 0. The summed E-state index contributed by atoms with van der Waals surface area (Å²) in [6.07, 6.45) is 7.31. The molecule has 0 radical (unpaired) electrons. The second-order valence-corrected chi connectivity index (χ2v) is 3.72. The first-order valence-electron chi connectivity index (χ1n) is 3.71. The largest absolute Gasteiger partial charge is 0.344 e. The van der Waals surface area contributed by atoms with Gasteiger partial charge in [0.25, 0.3) is 0 Å². The molecule has 0 aliphatic heterocycles. The Morgan fingerprint density at radius 3 is 1.40 bits per heavy atom. The smallest absolute Gasteiger partial charge is 0.0354 e. The Labute approximate surface area is 64.6 Å². The molecular weight excluding hydrogens is 124 g/mol. The van der Waals surface area contributed by atoms with Gasteiger partial charge in [-0.25, -0.2) is 0 Å². The minimum atomic E-state index is 0. The highest BCUT2D eigenvalue weighted by Gasteiger charge is 2.19. The van der Waals surface area contributed by atoms with Crippen LogP contribution in [-0.2, 0) is 0 Å². The van der Waals surface area contributed by atoms with E-state index in [2.05, 4.69) is 13.8 Å². The van der Waals surface area contributed by atoms with Gasteiger partial charge in [0.05, 0.1) is 0 Å². The van der Waals surface area contributed by atoms with Gasteiger partial charge in [-0.1, -0.05) is 33.1 Å². The van der Waals surface area contributed by atoms with E-state index in [4.69, 9.17) is 0 Å². The van der Waals surface area contributed by atoms with E-state index < -0.39 is 0 Å². The third kappa shape index (κ3) is 3.85. The van der Waals surface area contributed by atoms with Gasteiger partial charge < -0.3 is 12.3 Å². The molecule has 0 saturated heterocycles. The van der Waals surface area contributed by atoms with Crippen LogP contribution in [0.1, 0.15) is 46.0 Å². The van der Waals surface area contributed by atoms with E-state index in [0.717, 1.165) is 0 Å². The highest BCUT2D eigenvalue weighted by Crippen LogP contribution is 2.34. The van der Waals surface area contributed by atoms with Crippen molar-refractivity contribution in [1.29, 1.82) is 0 Å². The van der Waals surface area contributed by atoms with Crippen molar-refractivity contribution < 1.29 is 0 Å². The quantitative estimate of drug-likeness (QED) is 0.550. The summed E-state index contributed by atoms with van der Waals surface area (Å²) < 4.78 is 0. The molecule has 0 atom stereocenters. The summed E-state index contributed by atoms with van der Waals surface area (Å²) in [7, 11) is 0. The molecule has 2 heteroatoms. The minimum Gasteiger partial charge on any atom is -0.344 e. The van der Waals surface area contributed by atoms with Crippen molar-refractivity contribution in [2.75, 3.05) is 0 Å². The summed E-state index contributed by atoms with van der Waals surface area (Å²) in [5.41, 5.74) is 0.679. The van der Waals surface area contributed by atoms with Crippen LogP contribution in [0.3, 0.4) is 0 Å². The monoisotopic (exact) mass is 146 g/mol. The van der Waals surface area contributed by atoms with Crippen molar-refractivity contribution in [3.8, 4) is 0 Å². The van der Waals surface area contributed by atoms with E-state index in [1.807, 2.05) is 0 Å². The second kappa shape index (κ2) is 4.69. The Bertz CT molecular complexity index is 71.3. The Morgan fingerprint density at radius 2 is 1.20 bits per heavy atom. The first kappa shape index (κ1) is 12.6. The molecular formula is C8H22N2. The number of rotatable bonds is 0. The summed E-state index contributed by atoms with van der Waals surface area (Å²) in [6.45, 7) is 4.76. The SMILES string of the molecule is CC1(C)CCCCC1.N.N. The van der Waals surface area contributed by atoms with E-state index in [-0.39, 0.29) is 12.3 Å². The van der Waals surface area contributed by atoms with Gasteiger partial charge in [-0.15, -0.1) is 0 Å². The highest BCUT2D eigenvalue weighted by molar-refractivity contribution is 4.72. The van der Waals surface area contributed by atoms with Gasteiger partial charge in [-0.05, 0) is 18.3 Å². The lowest BCUT2D eigenvalue weighted by Crippen LogP contribution is -2.14. The van der Waals surface area contributed by atoms with E-state index in [1.165, 1.54) is 32.1 Å². The van der Waals surface area contributed by atoms with Crippen LogP contribution < -0.4 is 12.3 Å². The topological polar surface area (TPSA) is 70.0 Å². The van der Waals surface area contributed by atoms with Gasteiger partial charge in [0.15, 0.2) is 0 Å². The molecule has 0 aromatic carbocycles. The maximum Gasteiger partial charge on any atom is -0.0354 e. The fourth-order valence-electron chi connectivity index (χ4n) is 1.51. The second-order valence-electron chi connectivity index (χ2n) is 3.72. The van der Waals surface area contributed by atoms with Crippen LogP contribution in [0.15, 0.2) is 0 Å². The van der Waals surface area contributed by atoms with Gasteiger partial charge in [0.2, 0.25) is 0 Å². The first-order chi connectivity index (χ1) is 3.71. The molecule has 0 unspecified atom stereocenters. The molecule has 64 valence electrons. The molecule has 0 heterocycles. The molecule has 0 bridgehead atoms. The van der Waals surface area contributed by atoms with Crippen LogP contribution >= 0.6 is 0 Å². The summed E-state index contributed by atoms with van der Waals surface area (Å²) in [4.78, 5) is 0. The van der Waals surface area contributed by atoms with Crippen LogP contribution in [0.5, 0.6) is 0 Å². The number of hydrogen-bond acceptors (Lipinski definition) is 2. The molecule has 1 fully saturated rings. The molecule has 0 spiro atoms. The lowest BCUT2D eigenvalue weighted by atomic mass is 9.78. The third-order valence-electron chi connectivity index (χ3n) is 2.21. The first-order valence-corrected chi connectivity index (χ1v) is 3.71. The van der Waals surface area contributed by atoms with Crippen LogP contribution in [0.4, 0.5) is 0 Å². The fraction of sp³-hybridized carbons (Fsp3) is 1.00. The van der Waals surface area contributed by atoms with Gasteiger partial charge >= 0.3 is 0 Å². The van der Waals surface area contributed by atoms with Crippen LogP contribution in [0.25, 0.3) is 0 Å². The maximum atomic E-state index is 2.38. The van der Waals surface area contributed by atoms with Crippen molar-refractivity contribution >= 4 is 0 Å². The van der Waals surface area contributed by atoms with Gasteiger partial charge in [-0.2, -0.15) is 0 Å². The van der Waals surface area contributed by atoms with Crippen molar-refractivity contribution in [1.82, 2.24) is 12.3 Å². The van der Waals surface area contributed by atoms with Gasteiger partial charge in [0.1, 0.15) is 0 Å². The van der Waals surface area contributed by atoms with Crippen LogP contribution in [0, 0.1) is 5.41 Å². The molecule has 10 heavy (non-hydrogen) atoms. The summed E-state index contributed by atoms with van der Waals surface area (Å²) in [5.74, 6) is 0. The van der Waals surface area contributed by atoms with E-state index in [0.29, 0.717) is 5.41 Å². The number of hydrogen-bond donors (Lipinski definition) is 2. The lowest BCUT2D eigenvalue weighted by Gasteiger charge is -2.28. The molecule has 0 aromatic heterocycles. The minimum absolute atomic E-state index is 0. The predicted octanol–water partition coefficient (Wildman–Crippen LogP) is 3.30. The highest BCUT2D eigenvalue weighted by atomic mass is 14.3. The zero-order valence-corrected chi connectivity index (χ0v) is 7.45. The summed E-state index contributed by atoms with van der Waals surface area (Å²) >= 11 is 0. The van der Waals surface area contributed by atoms with E-state index in [9.17, 15) is 0 Å². The standard InChI is InChI=1S/C8H16.2H3N/c1-8(2)6-4-3-5-7-8;;/h3-7H2,1-2H3;2*1H3. The van der Waals surface area contributed by atoms with E-state index >= 15 is 0 Å². The Balaban J connectivity index is 0. The zero-order valence-electron chi connectivity index (χ0n) is 7.45. The zero-order chi connectivity index (χ0) is 6.04. The Hall–Kier alpha value is -0.0800. The molecule has 1 rings (SSSR count). The molecule has 1 aliphatic carbocycles. The van der Waals surface area contributed by atoms with Crippen molar-refractivity contribution in [2.24, 2.45) is 5.41 Å². The molecule has 0 amide bonds. The molecule has 1 aliphatic rings. The normalized spacial score (nSPS) is 22.2. The third-order valence-corrected chi connectivity index (χ3v) is 2.21. The average molecular weight is 146 g/mol. The van der Waals surface area contributed by atoms with Gasteiger partial charge in [0, 0.05) is 0 Å². The van der Waals surface area contributed by atoms with Crippen molar-refractivity contribution in [3.05, 3.63) is 0 Å².